The van der Waals surface area contributed by atoms with Gasteiger partial charge < -0.3 is 16.2 Å². The highest BCUT2D eigenvalue weighted by Crippen LogP contribution is 2.32. The van der Waals surface area contributed by atoms with Crippen molar-refractivity contribution in [1.82, 2.24) is 0 Å². The Morgan fingerprint density at radius 3 is 2.60 bits per heavy atom. The van der Waals surface area contributed by atoms with Crippen LogP contribution >= 0.6 is 0 Å². The fourth-order valence-corrected chi connectivity index (χ4v) is 2.38. The molecule has 1 fully saturated rings. The first-order valence-electron chi connectivity index (χ1n) is 6.41. The van der Waals surface area contributed by atoms with Crippen molar-refractivity contribution in [2.75, 3.05) is 6.61 Å². The molecule has 1 aliphatic rings. The molecule has 2 rings (SSSR count). The SMILES string of the molecule is NC(=O)c1ccc([N+](=O)[O-])c(OCC2(N)CCCC2)c1. The van der Waals surface area contributed by atoms with Gasteiger partial charge in [-0.1, -0.05) is 12.8 Å². The van der Waals surface area contributed by atoms with E-state index in [1.807, 2.05) is 0 Å². The largest absolute Gasteiger partial charge is 0.485 e. The van der Waals surface area contributed by atoms with Gasteiger partial charge >= 0.3 is 5.69 Å². The molecule has 7 heteroatoms. The third kappa shape index (κ3) is 3.05. The third-order valence-electron chi connectivity index (χ3n) is 3.56. The lowest BCUT2D eigenvalue weighted by Crippen LogP contribution is -2.42. The lowest BCUT2D eigenvalue weighted by Gasteiger charge is -2.23. The first-order chi connectivity index (χ1) is 9.41. The molecule has 7 nitrogen and oxygen atoms in total. The van der Waals surface area contributed by atoms with E-state index >= 15 is 0 Å². The second kappa shape index (κ2) is 5.46. The van der Waals surface area contributed by atoms with Crippen LogP contribution in [0.25, 0.3) is 0 Å². The quantitative estimate of drug-likeness (QED) is 0.622. The Morgan fingerprint density at radius 1 is 1.40 bits per heavy atom. The Morgan fingerprint density at radius 2 is 2.05 bits per heavy atom. The molecule has 0 aromatic heterocycles. The van der Waals surface area contributed by atoms with Crippen molar-refractivity contribution in [3.8, 4) is 5.75 Å². The van der Waals surface area contributed by atoms with Crippen LogP contribution < -0.4 is 16.2 Å². The number of nitrogens with two attached hydrogens (primary N) is 2. The number of nitrogens with zero attached hydrogens (tertiary/aromatic N) is 1. The van der Waals surface area contributed by atoms with Crippen molar-refractivity contribution < 1.29 is 14.5 Å². The van der Waals surface area contributed by atoms with E-state index in [-0.39, 0.29) is 23.6 Å². The molecule has 0 aliphatic heterocycles. The third-order valence-corrected chi connectivity index (χ3v) is 3.56. The Kier molecular flexibility index (Phi) is 3.89. The molecule has 0 atom stereocenters. The van der Waals surface area contributed by atoms with Crippen LogP contribution in [0.1, 0.15) is 36.0 Å². The van der Waals surface area contributed by atoms with Crippen LogP contribution in [0.4, 0.5) is 5.69 Å². The van der Waals surface area contributed by atoms with Gasteiger partial charge in [0.05, 0.1) is 10.5 Å². The van der Waals surface area contributed by atoms with Crippen molar-refractivity contribution in [2.45, 2.75) is 31.2 Å². The van der Waals surface area contributed by atoms with Crippen LogP contribution in [-0.2, 0) is 0 Å². The number of hydrogen-bond acceptors (Lipinski definition) is 5. The number of hydrogen-bond donors (Lipinski definition) is 2. The van der Waals surface area contributed by atoms with Crippen molar-refractivity contribution in [3.05, 3.63) is 33.9 Å². The molecule has 1 amide bonds. The number of amides is 1. The van der Waals surface area contributed by atoms with Gasteiger partial charge in [0.2, 0.25) is 5.91 Å². The van der Waals surface area contributed by atoms with Crippen LogP contribution in [0, 0.1) is 10.1 Å². The number of primary amides is 1. The summed E-state index contributed by atoms with van der Waals surface area (Å²) in [5.41, 5.74) is 10.8. The van der Waals surface area contributed by atoms with E-state index in [0.717, 1.165) is 25.7 Å². The molecule has 0 radical (unpaired) electrons. The predicted octanol–water partition coefficient (Wildman–Crippen LogP) is 1.34. The standard InChI is InChI=1S/C13H17N3O4/c14-12(17)9-3-4-10(16(18)19)11(7-9)20-8-13(15)5-1-2-6-13/h3-4,7H,1-2,5-6,8,15H2,(H2,14,17). The summed E-state index contributed by atoms with van der Waals surface area (Å²) in [6.45, 7) is 0.191. The van der Waals surface area contributed by atoms with Crippen molar-refractivity contribution >= 4 is 11.6 Å². The van der Waals surface area contributed by atoms with Crippen LogP contribution in [0.15, 0.2) is 18.2 Å². The monoisotopic (exact) mass is 279 g/mol. The molecule has 0 unspecified atom stereocenters. The van der Waals surface area contributed by atoms with Gasteiger partial charge in [0.1, 0.15) is 6.61 Å². The summed E-state index contributed by atoms with van der Waals surface area (Å²) in [5, 5.41) is 11.0. The highest BCUT2D eigenvalue weighted by Gasteiger charge is 2.31. The molecule has 1 aromatic rings. The number of ether oxygens (including phenoxy) is 1. The number of rotatable bonds is 5. The van der Waals surface area contributed by atoms with E-state index < -0.39 is 16.4 Å². The van der Waals surface area contributed by atoms with Gasteiger partial charge in [-0.05, 0) is 18.9 Å². The summed E-state index contributed by atoms with van der Waals surface area (Å²) in [6.07, 6.45) is 3.72. The Bertz CT molecular complexity index is 538. The number of carbonyl (C=O) groups is 1. The zero-order valence-electron chi connectivity index (χ0n) is 11.0. The first-order valence-corrected chi connectivity index (χ1v) is 6.41. The normalized spacial score (nSPS) is 16.9. The minimum atomic E-state index is -0.659. The van der Waals surface area contributed by atoms with Gasteiger partial charge in [-0.3, -0.25) is 14.9 Å². The van der Waals surface area contributed by atoms with Crippen LogP contribution in [0.5, 0.6) is 5.75 Å². The van der Waals surface area contributed by atoms with Crippen LogP contribution in [0.2, 0.25) is 0 Å². The smallest absolute Gasteiger partial charge is 0.310 e. The first kappa shape index (κ1) is 14.3. The van der Waals surface area contributed by atoms with Gasteiger partial charge in [-0.2, -0.15) is 0 Å². The summed E-state index contributed by atoms with van der Waals surface area (Å²) in [4.78, 5) is 21.5. The zero-order valence-corrected chi connectivity index (χ0v) is 11.0. The highest BCUT2D eigenvalue weighted by molar-refractivity contribution is 5.93. The van der Waals surface area contributed by atoms with Gasteiger partial charge in [0, 0.05) is 17.7 Å². The number of nitro groups is 1. The van der Waals surface area contributed by atoms with Crippen molar-refractivity contribution in [2.24, 2.45) is 11.5 Å². The van der Waals surface area contributed by atoms with Crippen LogP contribution in [0.3, 0.4) is 0 Å². The maximum absolute atomic E-state index is 11.1. The average Bonchev–Trinajstić information content (AvgIpc) is 2.83. The number of nitro benzene ring substituents is 1. The lowest BCUT2D eigenvalue weighted by molar-refractivity contribution is -0.385. The summed E-state index contributed by atoms with van der Waals surface area (Å²) in [5.74, 6) is -0.629. The molecule has 0 bridgehead atoms. The zero-order chi connectivity index (χ0) is 14.8. The topological polar surface area (TPSA) is 121 Å². The molecule has 1 aliphatic carbocycles. The van der Waals surface area contributed by atoms with E-state index in [4.69, 9.17) is 16.2 Å². The maximum Gasteiger partial charge on any atom is 0.310 e. The minimum Gasteiger partial charge on any atom is -0.485 e. The van der Waals surface area contributed by atoms with Gasteiger partial charge in [-0.25, -0.2) is 0 Å². The molecule has 4 N–H and O–H groups in total. The lowest BCUT2D eigenvalue weighted by atomic mass is 10.0. The van der Waals surface area contributed by atoms with Gasteiger partial charge in [0.15, 0.2) is 5.75 Å². The maximum atomic E-state index is 11.1. The average molecular weight is 279 g/mol. The Labute approximate surface area is 116 Å². The molecule has 0 spiro atoms. The Hall–Kier alpha value is -2.15. The second-order valence-electron chi connectivity index (χ2n) is 5.16. The minimum absolute atomic E-state index is 0.0306. The van der Waals surface area contributed by atoms with E-state index in [0.29, 0.717) is 0 Å². The number of carbonyl (C=O) groups excluding carboxylic acids is 1. The van der Waals surface area contributed by atoms with Crippen LogP contribution in [-0.4, -0.2) is 23.0 Å². The molecule has 108 valence electrons. The van der Waals surface area contributed by atoms with E-state index in [1.54, 1.807) is 0 Å². The molecule has 0 saturated heterocycles. The molecular weight excluding hydrogens is 262 g/mol. The molecular formula is C13H17N3O4. The van der Waals surface area contributed by atoms with E-state index in [1.165, 1.54) is 18.2 Å². The fourth-order valence-electron chi connectivity index (χ4n) is 2.38. The van der Waals surface area contributed by atoms with Crippen molar-refractivity contribution in [3.63, 3.8) is 0 Å². The Balaban J connectivity index is 2.21. The summed E-state index contributed by atoms with van der Waals surface area (Å²) >= 11 is 0. The van der Waals surface area contributed by atoms with Crippen molar-refractivity contribution in [1.29, 1.82) is 0 Å². The molecule has 0 heterocycles. The summed E-state index contributed by atoms with van der Waals surface area (Å²) in [7, 11) is 0. The second-order valence-corrected chi connectivity index (χ2v) is 5.16. The molecule has 1 aromatic carbocycles. The van der Waals surface area contributed by atoms with E-state index in [2.05, 4.69) is 0 Å². The summed E-state index contributed by atoms with van der Waals surface area (Å²) in [6, 6.07) is 3.81. The molecule has 20 heavy (non-hydrogen) atoms. The van der Waals surface area contributed by atoms with Gasteiger partial charge in [-0.15, -0.1) is 0 Å². The number of benzene rings is 1. The summed E-state index contributed by atoms with van der Waals surface area (Å²) < 4.78 is 5.50. The fraction of sp³-hybridized carbons (Fsp3) is 0.462. The van der Waals surface area contributed by atoms with E-state index in [9.17, 15) is 14.9 Å². The highest BCUT2D eigenvalue weighted by atomic mass is 16.6. The van der Waals surface area contributed by atoms with Gasteiger partial charge in [0.25, 0.3) is 0 Å². The predicted molar refractivity (Wildman–Crippen MR) is 72.5 cm³/mol. The molecule has 1 saturated carbocycles.